The zero-order valence-corrected chi connectivity index (χ0v) is 21.1. The Balaban J connectivity index is 2.02. The van der Waals surface area contributed by atoms with Gasteiger partial charge < -0.3 is 19.8 Å². The van der Waals surface area contributed by atoms with Gasteiger partial charge in [0.15, 0.2) is 0 Å². The number of hydrogen-bond donors (Lipinski definition) is 2. The predicted octanol–water partition coefficient (Wildman–Crippen LogP) is 1.35. The first-order chi connectivity index (χ1) is 16.5. The number of ether oxygens (including phenoxy) is 1. The molecule has 3 rings (SSSR count). The Morgan fingerprint density at radius 2 is 1.97 bits per heavy atom. The fourth-order valence-corrected chi connectivity index (χ4v) is 5.60. The Morgan fingerprint density at radius 3 is 2.60 bits per heavy atom. The fraction of sp³-hybridized carbons (Fsp3) is 0.440. The van der Waals surface area contributed by atoms with E-state index in [0.717, 1.165) is 0 Å². The van der Waals surface area contributed by atoms with Crippen LogP contribution < -0.4 is 4.74 Å². The molecule has 2 heterocycles. The highest BCUT2D eigenvalue weighted by Gasteiger charge is 2.38. The van der Waals surface area contributed by atoms with Gasteiger partial charge >= 0.3 is 0 Å². The fourth-order valence-electron chi connectivity index (χ4n) is 3.78. The van der Waals surface area contributed by atoms with Crippen molar-refractivity contribution in [2.45, 2.75) is 43.9 Å². The minimum atomic E-state index is -3.98. The molecule has 1 aromatic carbocycles. The lowest BCUT2D eigenvalue weighted by Crippen LogP contribution is -2.50. The van der Waals surface area contributed by atoms with Gasteiger partial charge in [-0.2, -0.15) is 4.31 Å². The summed E-state index contributed by atoms with van der Waals surface area (Å²) in [6.07, 6.45) is 1.69. The van der Waals surface area contributed by atoms with Crippen LogP contribution in [0.15, 0.2) is 47.6 Å². The molecular formula is C25H31N3O6S. The molecular weight excluding hydrogens is 470 g/mol. The van der Waals surface area contributed by atoms with Crippen molar-refractivity contribution in [1.82, 2.24) is 14.2 Å². The van der Waals surface area contributed by atoms with Crippen molar-refractivity contribution in [3.05, 3.63) is 53.9 Å². The molecule has 188 valence electrons. The van der Waals surface area contributed by atoms with Crippen LogP contribution >= 0.6 is 0 Å². The topological polar surface area (TPSA) is 120 Å². The Hall–Kier alpha value is -2.97. The van der Waals surface area contributed by atoms with E-state index in [1.165, 1.54) is 28.3 Å². The molecule has 1 aliphatic heterocycles. The van der Waals surface area contributed by atoms with E-state index < -0.39 is 28.3 Å². The summed E-state index contributed by atoms with van der Waals surface area (Å²) in [6.45, 7) is 4.99. The van der Waals surface area contributed by atoms with Gasteiger partial charge in [0.2, 0.25) is 10.0 Å². The van der Waals surface area contributed by atoms with Crippen molar-refractivity contribution in [3.8, 4) is 17.6 Å². The van der Waals surface area contributed by atoms with Gasteiger partial charge in [-0.15, -0.1) is 0 Å². The van der Waals surface area contributed by atoms with Crippen molar-refractivity contribution in [3.63, 3.8) is 0 Å². The van der Waals surface area contributed by atoms with Gasteiger partial charge in [-0.25, -0.2) is 8.42 Å². The lowest BCUT2D eigenvalue weighted by Gasteiger charge is -2.37. The molecule has 0 spiro atoms. The summed E-state index contributed by atoms with van der Waals surface area (Å²) in [5.74, 6) is 5.03. The van der Waals surface area contributed by atoms with E-state index in [9.17, 15) is 23.4 Å². The number of sulfonamides is 1. The van der Waals surface area contributed by atoms with Gasteiger partial charge in [-0.1, -0.05) is 18.8 Å². The van der Waals surface area contributed by atoms with Crippen molar-refractivity contribution >= 4 is 15.9 Å². The summed E-state index contributed by atoms with van der Waals surface area (Å²) >= 11 is 0. The van der Waals surface area contributed by atoms with Crippen LogP contribution in [0, 0.1) is 17.8 Å². The van der Waals surface area contributed by atoms with Gasteiger partial charge in [-0.05, 0) is 44.2 Å². The number of carbonyl (C=O) groups excluding carboxylic acids is 1. The standard InChI is InChI=1S/C25H31N3O6S/c1-17-14-28(18(2)16-29)35(32,33)24-8-7-20(6-5-19(3)30)13-22(24)34-23(17)15-27(4)25(31)21-9-11-26-12-10-21/h7-13,17-19,23,29-30H,14-16H2,1-4H3/t17-,18-,19+,23-/m1/s1. The van der Waals surface area contributed by atoms with E-state index in [1.807, 2.05) is 6.92 Å². The van der Waals surface area contributed by atoms with Crippen molar-refractivity contribution in [2.75, 3.05) is 26.7 Å². The highest BCUT2D eigenvalue weighted by molar-refractivity contribution is 7.89. The second-order valence-electron chi connectivity index (χ2n) is 8.77. The van der Waals surface area contributed by atoms with Gasteiger partial charge in [0.1, 0.15) is 22.9 Å². The first-order valence-corrected chi connectivity index (χ1v) is 12.8. The molecule has 35 heavy (non-hydrogen) atoms. The lowest BCUT2D eigenvalue weighted by molar-refractivity contribution is 0.0563. The van der Waals surface area contributed by atoms with Gasteiger partial charge in [-0.3, -0.25) is 9.78 Å². The van der Waals surface area contributed by atoms with E-state index in [0.29, 0.717) is 11.1 Å². The summed E-state index contributed by atoms with van der Waals surface area (Å²) in [7, 11) is -2.32. The maximum absolute atomic E-state index is 13.5. The molecule has 0 unspecified atom stereocenters. The molecule has 0 fully saturated rings. The molecule has 9 nitrogen and oxygen atoms in total. The quantitative estimate of drug-likeness (QED) is 0.594. The van der Waals surface area contributed by atoms with Crippen LogP contribution in [-0.4, -0.2) is 83.7 Å². The summed E-state index contributed by atoms with van der Waals surface area (Å²) in [5.41, 5.74) is 0.963. The van der Waals surface area contributed by atoms with Gasteiger partial charge in [0.05, 0.1) is 13.2 Å². The van der Waals surface area contributed by atoms with Crippen LogP contribution in [0.3, 0.4) is 0 Å². The van der Waals surface area contributed by atoms with E-state index in [-0.39, 0.29) is 42.2 Å². The summed E-state index contributed by atoms with van der Waals surface area (Å²) in [4.78, 5) is 18.3. The van der Waals surface area contributed by atoms with Crippen LogP contribution in [0.25, 0.3) is 0 Å². The van der Waals surface area contributed by atoms with Crippen molar-refractivity contribution < 1.29 is 28.2 Å². The normalized spacial score (nSPS) is 21.2. The van der Waals surface area contributed by atoms with Crippen LogP contribution in [0.2, 0.25) is 0 Å². The average Bonchev–Trinajstić information content (AvgIpc) is 2.84. The second-order valence-corrected chi connectivity index (χ2v) is 10.6. The number of likely N-dealkylation sites (N-methyl/N-ethyl adjacent to an activating group) is 1. The molecule has 0 saturated carbocycles. The molecule has 0 aliphatic carbocycles. The number of nitrogens with zero attached hydrogens (tertiary/aromatic N) is 3. The Morgan fingerprint density at radius 1 is 1.29 bits per heavy atom. The molecule has 1 aromatic heterocycles. The molecule has 1 amide bonds. The Bertz CT molecular complexity index is 1210. The van der Waals surface area contributed by atoms with Crippen LogP contribution in [0.1, 0.15) is 36.7 Å². The minimum Gasteiger partial charge on any atom is -0.487 e. The Labute approximate surface area is 206 Å². The van der Waals surface area contributed by atoms with Gasteiger partial charge in [0.25, 0.3) is 5.91 Å². The maximum atomic E-state index is 13.5. The predicted molar refractivity (Wildman–Crippen MR) is 130 cm³/mol. The number of pyridine rings is 1. The Kier molecular flexibility index (Phi) is 8.51. The van der Waals surface area contributed by atoms with Crippen molar-refractivity contribution in [1.29, 1.82) is 0 Å². The first-order valence-electron chi connectivity index (χ1n) is 11.3. The van der Waals surface area contributed by atoms with Crippen LogP contribution in [0.4, 0.5) is 0 Å². The zero-order chi connectivity index (χ0) is 25.8. The molecule has 10 heteroatoms. The number of carbonyl (C=O) groups is 1. The number of aliphatic hydroxyl groups is 2. The van der Waals surface area contributed by atoms with E-state index in [2.05, 4.69) is 16.8 Å². The summed E-state index contributed by atoms with van der Waals surface area (Å²) in [6, 6.07) is 7.10. The summed E-state index contributed by atoms with van der Waals surface area (Å²) in [5, 5.41) is 19.2. The van der Waals surface area contributed by atoms with Crippen molar-refractivity contribution in [2.24, 2.45) is 5.92 Å². The highest BCUT2D eigenvalue weighted by Crippen LogP contribution is 2.34. The van der Waals surface area contributed by atoms with Gasteiger partial charge in [0, 0.05) is 49.1 Å². The van der Waals surface area contributed by atoms with E-state index >= 15 is 0 Å². The number of aliphatic hydroxyl groups excluding tert-OH is 2. The first kappa shape index (κ1) is 26.6. The third kappa shape index (κ3) is 6.18. The number of amides is 1. The number of rotatable bonds is 5. The summed E-state index contributed by atoms with van der Waals surface area (Å²) < 4.78 is 34.5. The van der Waals surface area contributed by atoms with Crippen LogP contribution in [-0.2, 0) is 10.0 Å². The van der Waals surface area contributed by atoms with Crippen LogP contribution in [0.5, 0.6) is 5.75 Å². The lowest BCUT2D eigenvalue weighted by atomic mass is 10.0. The SMILES string of the molecule is C[C@H](O)C#Cc1ccc2c(c1)O[C@H](CN(C)C(=O)c1ccncc1)[C@H](C)CN([C@H](C)CO)S2(=O)=O. The molecule has 0 radical (unpaired) electrons. The molecule has 1 aliphatic rings. The monoisotopic (exact) mass is 501 g/mol. The largest absolute Gasteiger partial charge is 0.487 e. The molecule has 2 N–H and O–H groups in total. The zero-order valence-electron chi connectivity index (χ0n) is 20.2. The van der Waals surface area contributed by atoms with E-state index in [1.54, 1.807) is 44.6 Å². The third-order valence-corrected chi connectivity index (χ3v) is 7.84. The molecule has 4 atom stereocenters. The average molecular weight is 502 g/mol. The molecule has 0 saturated heterocycles. The number of benzene rings is 1. The van der Waals surface area contributed by atoms with E-state index in [4.69, 9.17) is 4.74 Å². The highest BCUT2D eigenvalue weighted by atomic mass is 32.2. The third-order valence-electron chi connectivity index (χ3n) is 5.82. The minimum absolute atomic E-state index is 0.0413. The molecule has 0 bridgehead atoms. The number of fused-ring (bicyclic) bond motifs is 1. The smallest absolute Gasteiger partial charge is 0.253 e. The number of aromatic nitrogens is 1. The number of hydrogen-bond acceptors (Lipinski definition) is 7. The molecule has 2 aromatic rings. The second kappa shape index (κ2) is 11.2. The maximum Gasteiger partial charge on any atom is 0.253 e.